The van der Waals surface area contributed by atoms with E-state index < -0.39 is 0 Å². The number of ether oxygens (including phenoxy) is 1. The maximum atomic E-state index is 12.5. The van der Waals surface area contributed by atoms with Crippen LogP contribution in [0.5, 0.6) is 0 Å². The Hall–Kier alpha value is -0.410. The lowest BCUT2D eigenvalue weighted by Gasteiger charge is -2.37. The van der Waals surface area contributed by atoms with E-state index in [1.165, 1.54) is 12.8 Å². The van der Waals surface area contributed by atoms with Gasteiger partial charge in [0.1, 0.15) is 0 Å². The molecule has 0 aromatic heterocycles. The second-order valence-electron chi connectivity index (χ2n) is 5.50. The van der Waals surface area contributed by atoms with Gasteiger partial charge in [0.15, 0.2) is 5.78 Å². The number of ketones is 1. The number of hydrogen-bond donors (Lipinski definition) is 0. The van der Waals surface area contributed by atoms with Crippen LogP contribution in [0.4, 0.5) is 0 Å². The molecule has 2 fully saturated rings. The third-order valence-electron chi connectivity index (χ3n) is 4.09. The Morgan fingerprint density at radius 1 is 1.19 bits per heavy atom. The molecule has 0 aliphatic carbocycles. The van der Waals surface area contributed by atoms with Crippen LogP contribution in [0.2, 0.25) is 0 Å². The molecule has 0 unspecified atom stereocenters. The molecule has 2 saturated heterocycles. The average Bonchev–Trinajstić information content (AvgIpc) is 2.83. The quantitative estimate of drug-likeness (QED) is 0.734. The van der Waals surface area contributed by atoms with Crippen LogP contribution < -0.4 is 0 Å². The van der Waals surface area contributed by atoms with Crippen molar-refractivity contribution in [1.82, 2.24) is 4.90 Å². The molecule has 0 amide bonds. The molecule has 16 heavy (non-hydrogen) atoms. The highest BCUT2D eigenvalue weighted by Gasteiger charge is 2.39. The fourth-order valence-electron chi connectivity index (χ4n) is 2.89. The number of rotatable bonds is 3. The highest BCUT2D eigenvalue weighted by molar-refractivity contribution is 5.89. The van der Waals surface area contributed by atoms with Gasteiger partial charge in [-0.2, -0.15) is 0 Å². The van der Waals surface area contributed by atoms with Crippen LogP contribution in [0.3, 0.4) is 0 Å². The van der Waals surface area contributed by atoms with Crippen LogP contribution in [0.1, 0.15) is 39.5 Å². The van der Waals surface area contributed by atoms with Gasteiger partial charge in [-0.1, -0.05) is 0 Å². The Morgan fingerprint density at radius 2 is 1.75 bits per heavy atom. The maximum Gasteiger partial charge on any atom is 0.155 e. The minimum atomic E-state index is -0.265. The second-order valence-corrected chi connectivity index (χ2v) is 5.50. The zero-order valence-electron chi connectivity index (χ0n) is 10.5. The van der Waals surface area contributed by atoms with E-state index in [0.717, 1.165) is 39.1 Å². The summed E-state index contributed by atoms with van der Waals surface area (Å²) in [6.45, 7) is 7.87. The number of likely N-dealkylation sites (tertiary alicyclic amines) is 1. The normalized spacial score (nSPS) is 24.9. The van der Waals surface area contributed by atoms with Crippen molar-refractivity contribution in [1.29, 1.82) is 0 Å². The van der Waals surface area contributed by atoms with Gasteiger partial charge in [0.25, 0.3) is 0 Å². The highest BCUT2D eigenvalue weighted by Crippen LogP contribution is 2.28. The molecule has 0 radical (unpaired) electrons. The van der Waals surface area contributed by atoms with Crippen molar-refractivity contribution in [2.24, 2.45) is 5.92 Å². The lowest BCUT2D eigenvalue weighted by molar-refractivity contribution is -0.135. The molecular formula is C13H23NO2. The summed E-state index contributed by atoms with van der Waals surface area (Å²) in [5, 5.41) is 0. The van der Waals surface area contributed by atoms with E-state index in [1.807, 2.05) is 0 Å². The summed E-state index contributed by atoms with van der Waals surface area (Å²) in [5.74, 6) is 0.655. The lowest BCUT2D eigenvalue weighted by atomic mass is 9.83. The molecule has 0 saturated carbocycles. The molecule has 0 spiro atoms. The maximum absolute atomic E-state index is 12.5. The molecule has 0 bridgehead atoms. The average molecular weight is 225 g/mol. The Labute approximate surface area is 98.1 Å². The summed E-state index contributed by atoms with van der Waals surface area (Å²) in [5.41, 5.74) is -0.265. The van der Waals surface area contributed by atoms with Crippen LogP contribution in [-0.2, 0) is 9.53 Å². The topological polar surface area (TPSA) is 29.5 Å². The van der Waals surface area contributed by atoms with Gasteiger partial charge in [0.05, 0.1) is 5.54 Å². The number of hydrogen-bond acceptors (Lipinski definition) is 3. The molecule has 0 aromatic carbocycles. The number of carbonyl (C=O) groups excluding carboxylic acids is 1. The molecule has 3 nitrogen and oxygen atoms in total. The molecular weight excluding hydrogens is 202 g/mol. The van der Waals surface area contributed by atoms with Crippen LogP contribution in [0.15, 0.2) is 0 Å². The first-order valence-corrected chi connectivity index (χ1v) is 6.49. The molecule has 92 valence electrons. The zero-order chi connectivity index (χ0) is 11.6. The second kappa shape index (κ2) is 4.84. The van der Waals surface area contributed by atoms with Gasteiger partial charge >= 0.3 is 0 Å². The van der Waals surface area contributed by atoms with Gasteiger partial charge in [-0.15, -0.1) is 0 Å². The number of Topliss-reactive ketones (excluding diaryl/α,β-unsaturated/α-hetero) is 1. The SMILES string of the molecule is CC(C)(C(=O)C1CCOCC1)N1CCCC1. The number of nitrogens with zero attached hydrogens (tertiary/aromatic N) is 1. The summed E-state index contributed by atoms with van der Waals surface area (Å²) in [6, 6.07) is 0. The predicted molar refractivity (Wildman–Crippen MR) is 63.4 cm³/mol. The first-order chi connectivity index (χ1) is 7.62. The van der Waals surface area contributed by atoms with E-state index in [-0.39, 0.29) is 11.5 Å². The van der Waals surface area contributed by atoms with E-state index >= 15 is 0 Å². The third kappa shape index (κ3) is 2.30. The smallest absolute Gasteiger partial charge is 0.155 e. The summed E-state index contributed by atoms with van der Waals surface area (Å²) in [6.07, 6.45) is 4.31. The van der Waals surface area contributed by atoms with Crippen molar-refractivity contribution in [3.63, 3.8) is 0 Å². The molecule has 0 N–H and O–H groups in total. The minimum Gasteiger partial charge on any atom is -0.381 e. The van der Waals surface area contributed by atoms with Crippen LogP contribution in [0.25, 0.3) is 0 Å². The molecule has 2 aliphatic rings. The largest absolute Gasteiger partial charge is 0.381 e. The zero-order valence-corrected chi connectivity index (χ0v) is 10.5. The Balaban J connectivity index is 2.00. The van der Waals surface area contributed by atoms with Crippen LogP contribution >= 0.6 is 0 Å². The first kappa shape index (κ1) is 12.1. The number of carbonyl (C=O) groups is 1. The molecule has 3 heteroatoms. The van der Waals surface area contributed by atoms with Gasteiger partial charge in [0, 0.05) is 19.1 Å². The van der Waals surface area contributed by atoms with Gasteiger partial charge in [-0.3, -0.25) is 9.69 Å². The molecule has 2 rings (SSSR count). The van der Waals surface area contributed by atoms with Gasteiger partial charge in [0.2, 0.25) is 0 Å². The standard InChI is InChI=1S/C13H23NO2/c1-13(2,14-7-3-4-8-14)12(15)11-5-9-16-10-6-11/h11H,3-10H2,1-2H3. The Bertz CT molecular complexity index is 251. The summed E-state index contributed by atoms with van der Waals surface area (Å²) < 4.78 is 5.32. The molecule has 2 aliphatic heterocycles. The predicted octanol–water partition coefficient (Wildman–Crippen LogP) is 1.86. The van der Waals surface area contributed by atoms with Gasteiger partial charge < -0.3 is 4.74 Å². The Kier molecular flexibility index (Phi) is 3.65. The fraction of sp³-hybridized carbons (Fsp3) is 0.923. The summed E-state index contributed by atoms with van der Waals surface area (Å²) in [4.78, 5) is 14.9. The van der Waals surface area contributed by atoms with Crippen molar-refractivity contribution in [2.45, 2.75) is 45.1 Å². The van der Waals surface area contributed by atoms with Crippen molar-refractivity contribution >= 4 is 5.78 Å². The fourth-order valence-corrected chi connectivity index (χ4v) is 2.89. The van der Waals surface area contributed by atoms with E-state index in [2.05, 4.69) is 18.7 Å². The monoisotopic (exact) mass is 225 g/mol. The van der Waals surface area contributed by atoms with E-state index in [1.54, 1.807) is 0 Å². The molecule has 0 atom stereocenters. The van der Waals surface area contributed by atoms with Gasteiger partial charge in [-0.25, -0.2) is 0 Å². The summed E-state index contributed by atoms with van der Waals surface area (Å²) >= 11 is 0. The van der Waals surface area contributed by atoms with Crippen LogP contribution in [-0.4, -0.2) is 42.5 Å². The van der Waals surface area contributed by atoms with Crippen molar-refractivity contribution in [3.05, 3.63) is 0 Å². The van der Waals surface area contributed by atoms with E-state index in [9.17, 15) is 4.79 Å². The van der Waals surface area contributed by atoms with Crippen molar-refractivity contribution in [3.8, 4) is 0 Å². The van der Waals surface area contributed by atoms with E-state index in [0.29, 0.717) is 5.78 Å². The third-order valence-corrected chi connectivity index (χ3v) is 4.09. The Morgan fingerprint density at radius 3 is 2.31 bits per heavy atom. The highest BCUT2D eigenvalue weighted by atomic mass is 16.5. The summed E-state index contributed by atoms with van der Waals surface area (Å²) in [7, 11) is 0. The van der Waals surface area contributed by atoms with Crippen LogP contribution in [0, 0.1) is 5.92 Å². The molecule has 0 aromatic rings. The first-order valence-electron chi connectivity index (χ1n) is 6.49. The van der Waals surface area contributed by atoms with E-state index in [4.69, 9.17) is 4.74 Å². The van der Waals surface area contributed by atoms with Gasteiger partial charge in [-0.05, 0) is 52.6 Å². The molecule has 2 heterocycles. The minimum absolute atomic E-state index is 0.226. The lowest BCUT2D eigenvalue weighted by Crippen LogP contribution is -2.51. The van der Waals surface area contributed by atoms with Crippen molar-refractivity contribution in [2.75, 3.05) is 26.3 Å². The van der Waals surface area contributed by atoms with Crippen molar-refractivity contribution < 1.29 is 9.53 Å².